The van der Waals surface area contributed by atoms with Gasteiger partial charge in [-0.25, -0.2) is 19.3 Å². The third-order valence-electron chi connectivity index (χ3n) is 5.46. The summed E-state index contributed by atoms with van der Waals surface area (Å²) in [5, 5.41) is 11.6. The van der Waals surface area contributed by atoms with Crippen LogP contribution in [0.4, 0.5) is 32.3 Å². The van der Waals surface area contributed by atoms with E-state index in [2.05, 4.69) is 10.2 Å². The number of aryl methyl sites for hydroxylation is 1. The monoisotopic (exact) mass is 484 g/mol. The highest BCUT2D eigenvalue weighted by molar-refractivity contribution is 6.34. The fourth-order valence-electron chi connectivity index (χ4n) is 3.63. The topological polar surface area (TPSA) is 104 Å². The van der Waals surface area contributed by atoms with Crippen molar-refractivity contribution in [3.05, 3.63) is 58.4 Å². The molecule has 0 aromatic heterocycles. The summed E-state index contributed by atoms with van der Waals surface area (Å²) in [6.45, 7) is 12.3. The second-order valence-electron chi connectivity index (χ2n) is 8.26. The minimum absolute atomic E-state index is 0.0114. The molecule has 178 valence electrons. The average Bonchev–Trinajstić information content (AvgIpc) is 2.96. The molecule has 0 unspecified atom stereocenters. The van der Waals surface area contributed by atoms with E-state index in [4.69, 9.17) is 28.0 Å². The summed E-state index contributed by atoms with van der Waals surface area (Å²) in [5.74, 6) is -0.430. The predicted octanol–water partition coefficient (Wildman–Crippen LogP) is 5.27. The zero-order valence-corrected chi connectivity index (χ0v) is 19.8. The second kappa shape index (κ2) is 10.1. The zero-order valence-electron chi connectivity index (χ0n) is 19.1. The van der Waals surface area contributed by atoms with E-state index in [0.717, 1.165) is 4.90 Å². The summed E-state index contributed by atoms with van der Waals surface area (Å²) in [6.07, 6.45) is 0.306. The molecule has 34 heavy (non-hydrogen) atoms. The molecular formula is C24H25ClN4O5. The van der Waals surface area contributed by atoms with Gasteiger partial charge in [0.2, 0.25) is 0 Å². The van der Waals surface area contributed by atoms with Crippen LogP contribution in [0.15, 0.2) is 36.4 Å². The van der Waals surface area contributed by atoms with Gasteiger partial charge >= 0.3 is 12.1 Å². The van der Waals surface area contributed by atoms with Gasteiger partial charge in [-0.05, 0) is 69.5 Å². The lowest BCUT2D eigenvalue weighted by atomic mass is 10.0. The number of unbranched alkanes of at least 4 members (excludes halogenated alkanes) is 1. The Morgan fingerprint density at radius 2 is 1.88 bits per heavy atom. The molecular weight excluding hydrogens is 460 g/mol. The van der Waals surface area contributed by atoms with Crippen LogP contribution in [0.25, 0.3) is 4.85 Å². The van der Waals surface area contributed by atoms with Gasteiger partial charge < -0.3 is 9.84 Å². The molecule has 1 aliphatic heterocycles. The number of hydrogen-bond acceptors (Lipinski definition) is 5. The predicted molar refractivity (Wildman–Crippen MR) is 130 cm³/mol. The van der Waals surface area contributed by atoms with Gasteiger partial charge in [-0.15, -0.1) is 0 Å². The number of nitrogens with one attached hydrogen (secondary N) is 1. The maximum atomic E-state index is 13.4. The summed E-state index contributed by atoms with van der Waals surface area (Å²) >= 11 is 6.23. The highest BCUT2D eigenvalue weighted by atomic mass is 35.5. The van der Waals surface area contributed by atoms with Gasteiger partial charge in [-0.2, -0.15) is 0 Å². The Bertz CT molecular complexity index is 1170. The van der Waals surface area contributed by atoms with E-state index in [9.17, 15) is 14.4 Å². The molecule has 0 bridgehead atoms. The summed E-state index contributed by atoms with van der Waals surface area (Å²) in [7, 11) is 0. The largest absolute Gasteiger partial charge is 0.449 e. The first-order valence-corrected chi connectivity index (χ1v) is 11.0. The van der Waals surface area contributed by atoms with Crippen LogP contribution >= 0.6 is 11.6 Å². The number of carbonyl (C=O) groups excluding carboxylic acids is 3. The lowest BCUT2D eigenvalue weighted by Gasteiger charge is -2.28. The van der Waals surface area contributed by atoms with Crippen molar-refractivity contribution in [2.75, 3.05) is 28.3 Å². The van der Waals surface area contributed by atoms with Crippen molar-refractivity contribution in [1.29, 1.82) is 0 Å². The molecule has 0 aliphatic carbocycles. The Balaban J connectivity index is 1.89. The third kappa shape index (κ3) is 4.83. The number of carbonyl (C=O) groups is 3. The lowest BCUT2D eigenvalue weighted by molar-refractivity contribution is -0.120. The first kappa shape index (κ1) is 25.0. The SMILES string of the molecule is [C-]#[N+]c1ccc(N2C(=O)N(c3ccc(Cl)c(NC(=O)OCCCCO)c3)C(C)(C)C2=O)cc1C. The maximum Gasteiger partial charge on any atom is 0.411 e. The molecule has 1 heterocycles. The Morgan fingerprint density at radius 1 is 1.18 bits per heavy atom. The highest BCUT2D eigenvalue weighted by Gasteiger charge is 2.52. The molecule has 0 spiro atoms. The van der Waals surface area contributed by atoms with Crippen LogP contribution in [0.5, 0.6) is 0 Å². The average molecular weight is 485 g/mol. The quantitative estimate of drug-likeness (QED) is 0.316. The van der Waals surface area contributed by atoms with E-state index in [0.29, 0.717) is 35.5 Å². The van der Waals surface area contributed by atoms with Crippen LogP contribution < -0.4 is 15.1 Å². The molecule has 4 amide bonds. The van der Waals surface area contributed by atoms with Crippen molar-refractivity contribution in [3.8, 4) is 0 Å². The molecule has 10 heteroatoms. The van der Waals surface area contributed by atoms with E-state index in [1.165, 1.54) is 17.0 Å². The number of amides is 4. The number of imide groups is 1. The molecule has 0 atom stereocenters. The number of aliphatic hydroxyl groups excluding tert-OH is 1. The Kier molecular flexibility index (Phi) is 7.44. The normalized spacial score (nSPS) is 14.8. The van der Waals surface area contributed by atoms with Crippen molar-refractivity contribution in [1.82, 2.24) is 0 Å². The van der Waals surface area contributed by atoms with E-state index in [1.54, 1.807) is 45.0 Å². The number of nitrogens with zero attached hydrogens (tertiary/aromatic N) is 3. The van der Waals surface area contributed by atoms with Gasteiger partial charge in [0, 0.05) is 12.3 Å². The van der Waals surface area contributed by atoms with E-state index in [-0.39, 0.29) is 23.9 Å². The number of urea groups is 1. The van der Waals surface area contributed by atoms with E-state index < -0.39 is 23.6 Å². The lowest BCUT2D eigenvalue weighted by Crippen LogP contribution is -2.44. The molecule has 3 rings (SSSR count). The molecule has 2 aromatic rings. The summed E-state index contributed by atoms with van der Waals surface area (Å²) in [4.78, 5) is 44.6. The first-order chi connectivity index (χ1) is 16.1. The van der Waals surface area contributed by atoms with Crippen LogP contribution in [-0.2, 0) is 9.53 Å². The minimum Gasteiger partial charge on any atom is -0.449 e. The van der Waals surface area contributed by atoms with Crippen LogP contribution in [0.2, 0.25) is 5.02 Å². The first-order valence-electron chi connectivity index (χ1n) is 10.6. The molecule has 1 fully saturated rings. The fourth-order valence-corrected chi connectivity index (χ4v) is 3.80. The molecule has 0 saturated carbocycles. The Hall–Kier alpha value is -3.61. The van der Waals surface area contributed by atoms with Gasteiger partial charge in [0.1, 0.15) is 5.54 Å². The Morgan fingerprint density at radius 3 is 2.53 bits per heavy atom. The van der Waals surface area contributed by atoms with Crippen LogP contribution in [-0.4, -0.2) is 41.9 Å². The fraction of sp³-hybridized carbons (Fsp3) is 0.333. The zero-order chi connectivity index (χ0) is 25.0. The van der Waals surface area contributed by atoms with Gasteiger partial charge in [0.05, 0.1) is 29.6 Å². The van der Waals surface area contributed by atoms with Crippen molar-refractivity contribution < 1.29 is 24.2 Å². The van der Waals surface area contributed by atoms with Gasteiger partial charge in [-0.1, -0.05) is 17.7 Å². The second-order valence-corrected chi connectivity index (χ2v) is 8.66. The van der Waals surface area contributed by atoms with Crippen LogP contribution in [0.3, 0.4) is 0 Å². The number of halogens is 1. The number of hydrogen-bond donors (Lipinski definition) is 2. The summed E-state index contributed by atoms with van der Waals surface area (Å²) in [6, 6.07) is 8.81. The van der Waals surface area contributed by atoms with Crippen LogP contribution in [0.1, 0.15) is 32.3 Å². The third-order valence-corrected chi connectivity index (χ3v) is 5.79. The Labute approximate surface area is 202 Å². The standard InChI is InChI=1S/C24H25ClN4O5/c1-15-13-16(8-10-19(15)26-4)28-21(31)24(2,3)29(23(28)33)17-7-9-18(25)20(14-17)27-22(32)34-12-6-5-11-30/h7-10,13-14,30H,5-6,11-12H2,1-3H3,(H,27,32). The number of aliphatic hydroxyl groups is 1. The summed E-state index contributed by atoms with van der Waals surface area (Å²) in [5.41, 5.74) is 0.822. The number of anilines is 3. The minimum atomic E-state index is -1.22. The van der Waals surface area contributed by atoms with Crippen molar-refractivity contribution >= 4 is 52.4 Å². The van der Waals surface area contributed by atoms with Gasteiger partial charge in [0.15, 0.2) is 5.69 Å². The molecule has 2 N–H and O–H groups in total. The molecule has 9 nitrogen and oxygen atoms in total. The molecule has 1 aliphatic rings. The highest BCUT2D eigenvalue weighted by Crippen LogP contribution is 2.39. The van der Waals surface area contributed by atoms with Crippen molar-refractivity contribution in [2.24, 2.45) is 0 Å². The van der Waals surface area contributed by atoms with Crippen molar-refractivity contribution in [2.45, 2.75) is 39.2 Å². The number of rotatable bonds is 7. The molecule has 2 aromatic carbocycles. The van der Waals surface area contributed by atoms with Gasteiger partial charge in [-0.3, -0.25) is 15.0 Å². The van der Waals surface area contributed by atoms with E-state index >= 15 is 0 Å². The smallest absolute Gasteiger partial charge is 0.411 e. The molecule has 1 saturated heterocycles. The van der Waals surface area contributed by atoms with Crippen LogP contribution in [0, 0.1) is 13.5 Å². The van der Waals surface area contributed by atoms with Crippen molar-refractivity contribution in [3.63, 3.8) is 0 Å². The number of ether oxygens (including phenoxy) is 1. The molecule has 0 radical (unpaired) electrons. The van der Waals surface area contributed by atoms with E-state index in [1.807, 2.05) is 0 Å². The van der Waals surface area contributed by atoms with Gasteiger partial charge in [0.25, 0.3) is 5.91 Å². The maximum absolute atomic E-state index is 13.4. The number of benzene rings is 2. The summed E-state index contributed by atoms with van der Waals surface area (Å²) < 4.78 is 5.07.